The van der Waals surface area contributed by atoms with Crippen LogP contribution in [-0.2, 0) is 11.2 Å². The largest absolute Gasteiger partial charge is 0.497 e. The van der Waals surface area contributed by atoms with Gasteiger partial charge < -0.3 is 9.47 Å². The third-order valence-corrected chi connectivity index (χ3v) is 2.52. The number of hydrogen-bond donors (Lipinski definition) is 2. The van der Waals surface area contributed by atoms with Gasteiger partial charge in [0.2, 0.25) is 0 Å². The Morgan fingerprint density at radius 2 is 2.19 bits per heavy atom. The summed E-state index contributed by atoms with van der Waals surface area (Å²) in [7, 11) is 3.36. The smallest absolute Gasteiger partial charge is 0.119 e. The molecular formula is C12H20N2O2. The highest BCUT2D eigenvalue weighted by Gasteiger charge is 2.07. The highest BCUT2D eigenvalue weighted by Crippen LogP contribution is 2.14. The Kier molecular flexibility index (Phi) is 5.85. The zero-order valence-corrected chi connectivity index (χ0v) is 9.90. The normalized spacial score (nSPS) is 12.4. The number of benzene rings is 1. The molecule has 16 heavy (non-hydrogen) atoms. The second kappa shape index (κ2) is 7.22. The predicted molar refractivity (Wildman–Crippen MR) is 64.3 cm³/mol. The van der Waals surface area contributed by atoms with Gasteiger partial charge >= 0.3 is 0 Å². The first-order valence-corrected chi connectivity index (χ1v) is 5.38. The zero-order valence-electron chi connectivity index (χ0n) is 9.90. The molecule has 0 fully saturated rings. The fraction of sp³-hybridized carbons (Fsp3) is 0.500. The molecule has 1 atom stereocenters. The van der Waals surface area contributed by atoms with Crippen molar-refractivity contribution < 1.29 is 9.47 Å². The maximum absolute atomic E-state index is 5.50. The summed E-state index contributed by atoms with van der Waals surface area (Å²) in [4.78, 5) is 0. The van der Waals surface area contributed by atoms with Crippen LogP contribution in [0.4, 0.5) is 0 Å². The summed E-state index contributed by atoms with van der Waals surface area (Å²) in [6.07, 6.45) is 1.77. The van der Waals surface area contributed by atoms with Crippen molar-refractivity contribution in [2.75, 3.05) is 20.8 Å². The molecule has 0 radical (unpaired) electrons. The summed E-state index contributed by atoms with van der Waals surface area (Å²) in [6, 6.07) is 8.24. The van der Waals surface area contributed by atoms with E-state index in [1.807, 2.05) is 18.2 Å². The molecule has 0 saturated heterocycles. The third kappa shape index (κ3) is 4.18. The molecule has 1 rings (SSSR count). The lowest BCUT2D eigenvalue weighted by atomic mass is 10.0. The van der Waals surface area contributed by atoms with Gasteiger partial charge in [-0.2, -0.15) is 0 Å². The van der Waals surface area contributed by atoms with E-state index < -0.39 is 0 Å². The zero-order chi connectivity index (χ0) is 11.8. The molecule has 4 heteroatoms. The first-order chi connectivity index (χ1) is 7.80. The molecule has 0 heterocycles. The van der Waals surface area contributed by atoms with Crippen molar-refractivity contribution in [3.05, 3.63) is 29.8 Å². The van der Waals surface area contributed by atoms with Crippen molar-refractivity contribution >= 4 is 0 Å². The van der Waals surface area contributed by atoms with E-state index in [0.717, 1.165) is 18.6 Å². The number of methoxy groups -OCH3 is 2. The van der Waals surface area contributed by atoms with E-state index in [9.17, 15) is 0 Å². The van der Waals surface area contributed by atoms with Crippen LogP contribution in [0.25, 0.3) is 0 Å². The van der Waals surface area contributed by atoms with Crippen LogP contribution in [0, 0.1) is 0 Å². The summed E-state index contributed by atoms with van der Waals surface area (Å²) >= 11 is 0. The van der Waals surface area contributed by atoms with E-state index in [1.54, 1.807) is 14.2 Å². The van der Waals surface area contributed by atoms with Crippen LogP contribution in [0.15, 0.2) is 24.3 Å². The lowest BCUT2D eigenvalue weighted by Gasteiger charge is -2.15. The molecule has 0 aromatic heterocycles. The Balaban J connectivity index is 2.55. The van der Waals surface area contributed by atoms with Crippen LogP contribution in [0.5, 0.6) is 5.75 Å². The van der Waals surface area contributed by atoms with Gasteiger partial charge in [-0.05, 0) is 30.5 Å². The van der Waals surface area contributed by atoms with Crippen molar-refractivity contribution in [2.45, 2.75) is 18.9 Å². The molecule has 0 aliphatic carbocycles. The quantitative estimate of drug-likeness (QED) is 0.538. The van der Waals surface area contributed by atoms with Gasteiger partial charge in [0.25, 0.3) is 0 Å². The lowest BCUT2D eigenvalue weighted by Crippen LogP contribution is -2.37. The predicted octanol–water partition coefficient (Wildman–Crippen LogP) is 1.11. The van der Waals surface area contributed by atoms with E-state index in [-0.39, 0.29) is 6.04 Å². The molecule has 3 N–H and O–H groups in total. The molecule has 1 unspecified atom stereocenters. The van der Waals surface area contributed by atoms with Crippen LogP contribution in [0.1, 0.15) is 12.0 Å². The number of ether oxygens (including phenoxy) is 2. The molecular weight excluding hydrogens is 204 g/mol. The summed E-state index contributed by atoms with van der Waals surface area (Å²) in [5, 5.41) is 0. The molecule has 1 aromatic carbocycles. The molecule has 0 aliphatic heterocycles. The topological polar surface area (TPSA) is 56.5 Å². The molecule has 4 nitrogen and oxygen atoms in total. The minimum absolute atomic E-state index is 0.229. The van der Waals surface area contributed by atoms with Crippen LogP contribution in [0.3, 0.4) is 0 Å². The van der Waals surface area contributed by atoms with Gasteiger partial charge in [0.05, 0.1) is 7.11 Å². The van der Waals surface area contributed by atoms with Crippen LogP contribution in [0.2, 0.25) is 0 Å². The number of rotatable bonds is 7. The van der Waals surface area contributed by atoms with E-state index in [1.165, 1.54) is 5.56 Å². The number of nitrogens with two attached hydrogens (primary N) is 1. The SMILES string of the molecule is COCCC(Cc1cccc(OC)c1)NN. The maximum Gasteiger partial charge on any atom is 0.119 e. The minimum Gasteiger partial charge on any atom is -0.497 e. The van der Waals surface area contributed by atoms with Gasteiger partial charge in [-0.3, -0.25) is 11.3 Å². The van der Waals surface area contributed by atoms with Crippen molar-refractivity contribution in [1.29, 1.82) is 0 Å². The first-order valence-electron chi connectivity index (χ1n) is 5.38. The lowest BCUT2D eigenvalue weighted by molar-refractivity contribution is 0.182. The Morgan fingerprint density at radius 3 is 2.81 bits per heavy atom. The Bertz CT molecular complexity index is 305. The van der Waals surface area contributed by atoms with Crippen LogP contribution < -0.4 is 16.0 Å². The van der Waals surface area contributed by atoms with Crippen LogP contribution in [-0.4, -0.2) is 26.9 Å². The van der Waals surface area contributed by atoms with Crippen molar-refractivity contribution in [3.8, 4) is 5.75 Å². The van der Waals surface area contributed by atoms with Gasteiger partial charge in [0, 0.05) is 19.8 Å². The molecule has 0 bridgehead atoms. The molecule has 0 amide bonds. The summed E-state index contributed by atoms with van der Waals surface area (Å²) < 4.78 is 10.2. The molecule has 0 spiro atoms. The fourth-order valence-corrected chi connectivity index (χ4v) is 1.59. The van der Waals surface area contributed by atoms with Gasteiger partial charge in [-0.15, -0.1) is 0 Å². The molecule has 0 saturated carbocycles. The van der Waals surface area contributed by atoms with E-state index >= 15 is 0 Å². The number of hydrogen-bond acceptors (Lipinski definition) is 4. The average molecular weight is 224 g/mol. The molecule has 0 aliphatic rings. The van der Waals surface area contributed by atoms with E-state index in [4.69, 9.17) is 15.3 Å². The van der Waals surface area contributed by atoms with Crippen LogP contribution >= 0.6 is 0 Å². The Morgan fingerprint density at radius 1 is 1.38 bits per heavy atom. The van der Waals surface area contributed by atoms with Crippen molar-refractivity contribution in [2.24, 2.45) is 5.84 Å². The molecule has 1 aromatic rings. The Hall–Kier alpha value is -1.10. The van der Waals surface area contributed by atoms with Crippen molar-refractivity contribution in [3.63, 3.8) is 0 Å². The van der Waals surface area contributed by atoms with Gasteiger partial charge in [0.15, 0.2) is 0 Å². The Labute approximate surface area is 96.7 Å². The summed E-state index contributed by atoms with van der Waals surface area (Å²) in [5.74, 6) is 6.37. The summed E-state index contributed by atoms with van der Waals surface area (Å²) in [5.41, 5.74) is 4.01. The highest BCUT2D eigenvalue weighted by molar-refractivity contribution is 5.28. The maximum atomic E-state index is 5.50. The van der Waals surface area contributed by atoms with E-state index in [0.29, 0.717) is 6.61 Å². The summed E-state index contributed by atoms with van der Waals surface area (Å²) in [6.45, 7) is 0.707. The second-order valence-electron chi connectivity index (χ2n) is 3.70. The molecule has 90 valence electrons. The van der Waals surface area contributed by atoms with Gasteiger partial charge in [-0.1, -0.05) is 12.1 Å². The number of hydrazine groups is 1. The average Bonchev–Trinajstić information content (AvgIpc) is 2.34. The standard InChI is InChI=1S/C12H20N2O2/c1-15-7-6-11(14-13)8-10-4-3-5-12(9-10)16-2/h3-5,9,11,14H,6-8,13H2,1-2H3. The second-order valence-corrected chi connectivity index (χ2v) is 3.70. The van der Waals surface area contributed by atoms with E-state index in [2.05, 4.69) is 11.5 Å². The third-order valence-electron chi connectivity index (χ3n) is 2.52. The van der Waals surface area contributed by atoms with Gasteiger partial charge in [0.1, 0.15) is 5.75 Å². The minimum atomic E-state index is 0.229. The fourth-order valence-electron chi connectivity index (χ4n) is 1.59. The van der Waals surface area contributed by atoms with Gasteiger partial charge in [-0.25, -0.2) is 0 Å². The van der Waals surface area contributed by atoms with Crippen molar-refractivity contribution in [1.82, 2.24) is 5.43 Å². The highest BCUT2D eigenvalue weighted by atomic mass is 16.5. The first kappa shape index (κ1) is 13.0. The monoisotopic (exact) mass is 224 g/mol. The number of nitrogens with one attached hydrogen (secondary N) is 1.